The van der Waals surface area contributed by atoms with Crippen molar-refractivity contribution < 1.29 is 23.9 Å². The average Bonchev–Trinajstić information content (AvgIpc) is 3.23. The number of hydrogen-bond donors (Lipinski definition) is 1. The molecular weight excluding hydrogens is 378 g/mol. The largest absolute Gasteiger partial charge is 0.496 e. The molecule has 7 heteroatoms. The molecule has 1 unspecified atom stereocenters. The number of aryl methyl sites for hydroxylation is 1. The van der Waals surface area contributed by atoms with Gasteiger partial charge in [-0.3, -0.25) is 9.59 Å². The smallest absolute Gasteiger partial charge is 0.341 e. The molecule has 1 aliphatic rings. The second kappa shape index (κ2) is 8.14. The molecule has 3 rings (SSSR count). The van der Waals surface area contributed by atoms with Crippen LogP contribution in [0.1, 0.15) is 62.9 Å². The summed E-state index contributed by atoms with van der Waals surface area (Å²) in [5.41, 5.74) is 2.77. The Balaban J connectivity index is 1.95. The maximum absolute atomic E-state index is 13.1. The zero-order valence-corrected chi connectivity index (χ0v) is 17.2. The Morgan fingerprint density at radius 2 is 2.04 bits per heavy atom. The van der Waals surface area contributed by atoms with E-state index in [2.05, 4.69) is 5.32 Å². The summed E-state index contributed by atoms with van der Waals surface area (Å²) >= 11 is 1.11. The number of ether oxygens (including phenoxy) is 2. The third-order valence-corrected chi connectivity index (χ3v) is 6.23. The minimum atomic E-state index is -0.538. The van der Waals surface area contributed by atoms with E-state index in [0.29, 0.717) is 27.6 Å². The lowest BCUT2D eigenvalue weighted by Gasteiger charge is -2.15. The number of carbonyl (C=O) groups excluding carboxylic acids is 3. The molecule has 0 saturated heterocycles. The van der Waals surface area contributed by atoms with Gasteiger partial charge in [-0.15, -0.1) is 11.3 Å². The summed E-state index contributed by atoms with van der Waals surface area (Å²) in [6, 6.07) is 5.76. The van der Waals surface area contributed by atoms with E-state index in [-0.39, 0.29) is 29.8 Å². The van der Waals surface area contributed by atoms with E-state index < -0.39 is 5.97 Å². The van der Waals surface area contributed by atoms with E-state index in [1.165, 1.54) is 6.92 Å². The minimum absolute atomic E-state index is 0.151. The predicted octanol–water partition coefficient (Wildman–Crippen LogP) is 4.11. The first-order valence-corrected chi connectivity index (χ1v) is 9.98. The van der Waals surface area contributed by atoms with E-state index in [4.69, 9.17) is 9.47 Å². The first kappa shape index (κ1) is 20.1. The number of hydrogen-bond acceptors (Lipinski definition) is 6. The molecule has 1 atom stereocenters. The molecule has 1 heterocycles. The van der Waals surface area contributed by atoms with Crippen LogP contribution in [-0.2, 0) is 16.0 Å². The van der Waals surface area contributed by atoms with Crippen molar-refractivity contribution in [3.8, 4) is 5.75 Å². The van der Waals surface area contributed by atoms with Crippen LogP contribution in [0.3, 0.4) is 0 Å². The Labute approximate surface area is 167 Å². The number of nitrogens with one attached hydrogen (secondary N) is 1. The van der Waals surface area contributed by atoms with Crippen molar-refractivity contribution in [1.82, 2.24) is 0 Å². The van der Waals surface area contributed by atoms with Gasteiger partial charge in [0.2, 0.25) is 5.91 Å². The number of fused-ring (bicyclic) bond motifs is 1. The van der Waals surface area contributed by atoms with E-state index in [0.717, 1.165) is 28.9 Å². The number of carbonyl (C=O) groups is 3. The average molecular weight is 401 g/mol. The Hall–Kier alpha value is -2.67. The van der Waals surface area contributed by atoms with Crippen molar-refractivity contribution in [2.45, 2.75) is 39.5 Å². The molecule has 1 N–H and O–H groups in total. The quantitative estimate of drug-likeness (QED) is 0.582. The Morgan fingerprint density at radius 3 is 2.68 bits per heavy atom. The predicted molar refractivity (Wildman–Crippen MR) is 108 cm³/mol. The second-order valence-electron chi connectivity index (χ2n) is 6.65. The first-order chi connectivity index (χ1) is 13.4. The molecule has 28 heavy (non-hydrogen) atoms. The van der Waals surface area contributed by atoms with Crippen molar-refractivity contribution >= 4 is 34.0 Å². The molecule has 1 aromatic carbocycles. The minimum Gasteiger partial charge on any atom is -0.496 e. The topological polar surface area (TPSA) is 81.7 Å². The third-order valence-electron chi connectivity index (χ3n) is 4.93. The highest BCUT2D eigenvalue weighted by atomic mass is 32.1. The zero-order valence-electron chi connectivity index (χ0n) is 16.4. The molecule has 1 aliphatic carbocycles. The van der Waals surface area contributed by atoms with Crippen LogP contribution in [0.25, 0.3) is 0 Å². The SMILES string of the molecule is CCOC(=O)c1c(NC(=O)C2CCc3cccc(OC)c32)sc(C(C)=O)c1C. The highest BCUT2D eigenvalue weighted by Crippen LogP contribution is 2.41. The van der Waals surface area contributed by atoms with Crippen molar-refractivity contribution in [2.75, 3.05) is 19.0 Å². The summed E-state index contributed by atoms with van der Waals surface area (Å²) in [5, 5.41) is 3.23. The number of rotatable bonds is 6. The van der Waals surface area contributed by atoms with Gasteiger partial charge in [-0.1, -0.05) is 12.1 Å². The fraction of sp³-hybridized carbons (Fsp3) is 0.381. The fourth-order valence-corrected chi connectivity index (χ4v) is 4.77. The summed E-state index contributed by atoms with van der Waals surface area (Å²) in [5.74, 6) is -0.591. The van der Waals surface area contributed by atoms with Gasteiger partial charge in [0.25, 0.3) is 0 Å². The van der Waals surface area contributed by atoms with E-state index in [1.54, 1.807) is 21.0 Å². The van der Waals surface area contributed by atoms with Gasteiger partial charge in [0.15, 0.2) is 5.78 Å². The van der Waals surface area contributed by atoms with Gasteiger partial charge >= 0.3 is 5.97 Å². The van der Waals surface area contributed by atoms with Gasteiger partial charge in [0.1, 0.15) is 10.8 Å². The van der Waals surface area contributed by atoms with Crippen LogP contribution >= 0.6 is 11.3 Å². The first-order valence-electron chi connectivity index (χ1n) is 9.17. The molecule has 1 aromatic heterocycles. The van der Waals surface area contributed by atoms with Crippen LogP contribution in [0.5, 0.6) is 5.75 Å². The lowest BCUT2D eigenvalue weighted by atomic mass is 9.99. The van der Waals surface area contributed by atoms with Gasteiger partial charge in [-0.05, 0) is 50.8 Å². The highest BCUT2D eigenvalue weighted by Gasteiger charge is 2.33. The van der Waals surface area contributed by atoms with Crippen molar-refractivity contribution in [2.24, 2.45) is 0 Å². The number of esters is 1. The fourth-order valence-electron chi connectivity index (χ4n) is 3.67. The van der Waals surface area contributed by atoms with Crippen LogP contribution < -0.4 is 10.1 Å². The van der Waals surface area contributed by atoms with Gasteiger partial charge in [0, 0.05) is 5.56 Å². The van der Waals surface area contributed by atoms with Crippen LogP contribution in [0.2, 0.25) is 0 Å². The summed E-state index contributed by atoms with van der Waals surface area (Å²) in [4.78, 5) is 37.9. The van der Waals surface area contributed by atoms with Crippen molar-refractivity contribution in [3.63, 3.8) is 0 Å². The zero-order chi connectivity index (χ0) is 20.4. The molecule has 1 amide bonds. The molecule has 0 radical (unpaired) electrons. The lowest BCUT2D eigenvalue weighted by molar-refractivity contribution is -0.117. The van der Waals surface area contributed by atoms with Gasteiger partial charge < -0.3 is 14.8 Å². The maximum atomic E-state index is 13.1. The van der Waals surface area contributed by atoms with Crippen LogP contribution in [0.4, 0.5) is 5.00 Å². The van der Waals surface area contributed by atoms with E-state index in [9.17, 15) is 14.4 Å². The number of amides is 1. The summed E-state index contributed by atoms with van der Waals surface area (Å²) < 4.78 is 10.6. The molecule has 0 aliphatic heterocycles. The number of thiophene rings is 1. The number of benzene rings is 1. The molecule has 2 aromatic rings. The summed E-state index contributed by atoms with van der Waals surface area (Å²) in [6.45, 7) is 5.07. The Kier molecular flexibility index (Phi) is 5.84. The van der Waals surface area contributed by atoms with Crippen molar-refractivity contribution in [1.29, 1.82) is 0 Å². The van der Waals surface area contributed by atoms with Gasteiger partial charge in [0.05, 0.1) is 30.1 Å². The Bertz CT molecular complexity index is 947. The second-order valence-corrected chi connectivity index (χ2v) is 7.67. The molecular formula is C21H23NO5S. The molecule has 148 valence electrons. The number of methoxy groups -OCH3 is 1. The normalized spacial score (nSPS) is 15.1. The van der Waals surface area contributed by atoms with Crippen LogP contribution in [-0.4, -0.2) is 31.4 Å². The number of ketones is 1. The van der Waals surface area contributed by atoms with Crippen LogP contribution in [0.15, 0.2) is 18.2 Å². The molecule has 0 bridgehead atoms. The van der Waals surface area contributed by atoms with Crippen molar-refractivity contribution in [3.05, 3.63) is 45.3 Å². The van der Waals surface area contributed by atoms with Gasteiger partial charge in [-0.25, -0.2) is 4.79 Å². The summed E-state index contributed by atoms with van der Waals surface area (Å²) in [7, 11) is 1.59. The standard InChI is InChI=1S/C21H23NO5S/c1-5-27-21(25)16-11(2)18(12(3)23)28-20(16)22-19(24)14-10-9-13-7-6-8-15(26-4)17(13)14/h6-8,14H,5,9-10H2,1-4H3,(H,22,24). The van der Waals surface area contributed by atoms with Crippen LogP contribution in [0, 0.1) is 6.92 Å². The lowest BCUT2D eigenvalue weighted by Crippen LogP contribution is -2.21. The molecule has 0 spiro atoms. The monoisotopic (exact) mass is 401 g/mol. The molecule has 6 nitrogen and oxygen atoms in total. The molecule has 0 saturated carbocycles. The number of anilines is 1. The Morgan fingerprint density at radius 1 is 1.29 bits per heavy atom. The highest BCUT2D eigenvalue weighted by molar-refractivity contribution is 7.18. The molecule has 0 fully saturated rings. The van der Waals surface area contributed by atoms with E-state index >= 15 is 0 Å². The summed E-state index contributed by atoms with van der Waals surface area (Å²) in [6.07, 6.45) is 1.46. The third kappa shape index (κ3) is 3.54. The maximum Gasteiger partial charge on any atom is 0.341 e. The van der Waals surface area contributed by atoms with Gasteiger partial charge in [-0.2, -0.15) is 0 Å². The number of Topliss-reactive ketones (excluding diaryl/α,β-unsaturated/α-hetero) is 1. The van der Waals surface area contributed by atoms with E-state index in [1.807, 2.05) is 18.2 Å².